The highest BCUT2D eigenvalue weighted by molar-refractivity contribution is 7.20. The summed E-state index contributed by atoms with van der Waals surface area (Å²) in [6.45, 7) is 3.25. The first kappa shape index (κ1) is 48.4. The number of pyridine rings is 1. The Balaban J connectivity index is 0.000000337. The van der Waals surface area contributed by atoms with Crippen LogP contribution in [0.1, 0.15) is 29.3 Å². The van der Waals surface area contributed by atoms with Crippen LogP contribution in [0.15, 0.2) is 54.9 Å². The standard InChI is InChI=1S/C24BF20.C16H18NO2/c26-5-1(6(27)14(35)21(42)13(5)34)25(2-7(28)15(36)22(43)16(37)8(2)29,3-9(30)17(38)23(44)18(39)10(3)31)4-11(32)19(40)24(45)20(41)12(4)33;1-2-12-19-16(18)15-8-6-14(7-9-15)13-17-10-4-3-5-11-17/h;3-11H,2,12-13H2,1H3/q-1;+1. The molecule has 64 heavy (non-hydrogen) atoms. The molecule has 6 aromatic rings. The zero-order valence-electron chi connectivity index (χ0n) is 31.2. The van der Waals surface area contributed by atoms with Crippen LogP contribution in [0, 0.1) is 116 Å². The minimum absolute atomic E-state index is 0.249. The maximum Gasteiger partial charge on any atom is 0.338 e. The van der Waals surface area contributed by atoms with Crippen molar-refractivity contribution in [1.29, 1.82) is 0 Å². The predicted molar refractivity (Wildman–Crippen MR) is 182 cm³/mol. The van der Waals surface area contributed by atoms with Crippen molar-refractivity contribution >= 4 is 34.0 Å². The molecule has 0 spiro atoms. The average Bonchev–Trinajstić information content (AvgIpc) is 3.28. The van der Waals surface area contributed by atoms with Gasteiger partial charge >= 0.3 is 5.97 Å². The molecule has 1 heterocycles. The molecule has 338 valence electrons. The van der Waals surface area contributed by atoms with Crippen molar-refractivity contribution in [3.8, 4) is 0 Å². The average molecular weight is 935 g/mol. The second-order valence-electron chi connectivity index (χ2n) is 13.2. The van der Waals surface area contributed by atoms with E-state index in [-0.39, 0.29) is 5.97 Å². The molecule has 1 aromatic heterocycles. The van der Waals surface area contributed by atoms with Crippen molar-refractivity contribution in [2.45, 2.75) is 19.9 Å². The second kappa shape index (κ2) is 18.6. The van der Waals surface area contributed by atoms with E-state index >= 15 is 35.1 Å². The Labute approximate surface area is 344 Å². The molecule has 0 aliphatic carbocycles. The number of halogens is 20. The molecular formula is C40H18BF20NO2. The Morgan fingerprint density at radius 2 is 0.688 bits per heavy atom. The number of esters is 1. The van der Waals surface area contributed by atoms with Gasteiger partial charge in [-0.15, -0.1) is 21.9 Å². The monoisotopic (exact) mass is 935 g/mol. The summed E-state index contributed by atoms with van der Waals surface area (Å²) in [6.07, 6.45) is -2.34. The van der Waals surface area contributed by atoms with Crippen molar-refractivity contribution in [3.05, 3.63) is 182 Å². The summed E-state index contributed by atoms with van der Waals surface area (Å²) in [5, 5.41) is 0. The van der Waals surface area contributed by atoms with Crippen LogP contribution < -0.4 is 26.4 Å². The summed E-state index contributed by atoms with van der Waals surface area (Å²) in [5.74, 6) is -71.7. The van der Waals surface area contributed by atoms with E-state index in [4.69, 9.17) is 4.74 Å². The molecule has 6 rings (SSSR count). The van der Waals surface area contributed by atoms with Gasteiger partial charge in [0.15, 0.2) is 88.7 Å². The third-order valence-electron chi connectivity index (χ3n) is 9.48. The van der Waals surface area contributed by atoms with Crippen LogP contribution >= 0.6 is 0 Å². The molecule has 3 nitrogen and oxygen atoms in total. The SMILES string of the molecule is CCCOC(=O)c1ccc(C[n+]2ccccc2)cc1.Fc1c(F)c(F)c([B-](c2c(F)c(F)c(F)c(F)c2F)(c2c(F)c(F)c(F)c(F)c2F)c2c(F)c(F)c(F)c(F)c2F)c(F)c1F. The van der Waals surface area contributed by atoms with Gasteiger partial charge < -0.3 is 4.74 Å². The first-order valence-electron chi connectivity index (χ1n) is 17.4. The maximum atomic E-state index is 15.4. The van der Waals surface area contributed by atoms with E-state index in [1.54, 1.807) is 0 Å². The molecule has 0 amide bonds. The molecule has 0 aliphatic heterocycles. The first-order valence-corrected chi connectivity index (χ1v) is 17.4. The lowest BCUT2D eigenvalue weighted by atomic mass is 9.12. The molecular weight excluding hydrogens is 917 g/mol. The van der Waals surface area contributed by atoms with Gasteiger partial charge in [0.1, 0.15) is 52.7 Å². The minimum atomic E-state index is -7.22. The summed E-state index contributed by atoms with van der Waals surface area (Å²) in [7, 11) is 0. The van der Waals surface area contributed by atoms with Gasteiger partial charge in [0, 0.05) is 17.7 Å². The lowest BCUT2D eigenvalue weighted by Gasteiger charge is -2.44. The lowest BCUT2D eigenvalue weighted by molar-refractivity contribution is -0.688. The van der Waals surface area contributed by atoms with E-state index in [2.05, 4.69) is 4.57 Å². The van der Waals surface area contributed by atoms with E-state index in [0.29, 0.717) is 12.2 Å². The number of nitrogens with zero attached hydrogens (tertiary/aromatic N) is 1. The van der Waals surface area contributed by atoms with Crippen LogP contribution in [0.3, 0.4) is 0 Å². The third-order valence-corrected chi connectivity index (χ3v) is 9.48. The van der Waals surface area contributed by atoms with Gasteiger partial charge in [-0.25, -0.2) is 97.2 Å². The fourth-order valence-electron chi connectivity index (χ4n) is 6.65. The topological polar surface area (TPSA) is 30.2 Å². The van der Waals surface area contributed by atoms with Crippen molar-refractivity contribution in [2.24, 2.45) is 0 Å². The van der Waals surface area contributed by atoms with Gasteiger partial charge in [0.2, 0.25) is 0 Å². The van der Waals surface area contributed by atoms with Crippen molar-refractivity contribution in [3.63, 3.8) is 0 Å². The van der Waals surface area contributed by atoms with Crippen molar-refractivity contribution in [1.82, 2.24) is 0 Å². The highest BCUT2D eigenvalue weighted by Gasteiger charge is 2.52. The highest BCUT2D eigenvalue weighted by Crippen LogP contribution is 2.30. The Bertz CT molecular complexity index is 2430. The molecule has 0 saturated heterocycles. The second-order valence-corrected chi connectivity index (χ2v) is 13.2. The van der Waals surface area contributed by atoms with Crippen LogP contribution in [-0.2, 0) is 11.3 Å². The summed E-state index contributed by atoms with van der Waals surface area (Å²) >= 11 is 0. The Hall–Kier alpha value is -6.62. The number of rotatable bonds is 9. The Kier molecular flexibility index (Phi) is 14.1. The number of carbonyl (C=O) groups excluding carboxylic acids is 1. The predicted octanol–water partition coefficient (Wildman–Crippen LogP) is 8.44. The van der Waals surface area contributed by atoms with E-state index in [1.165, 1.54) is 0 Å². The van der Waals surface area contributed by atoms with Crippen LogP contribution in [0.5, 0.6) is 0 Å². The molecule has 0 unspecified atom stereocenters. The smallest absolute Gasteiger partial charge is 0.338 e. The number of carbonyl (C=O) groups is 1. The number of benzene rings is 5. The molecule has 0 fully saturated rings. The van der Waals surface area contributed by atoms with Crippen LogP contribution in [-0.4, -0.2) is 18.7 Å². The van der Waals surface area contributed by atoms with Gasteiger partial charge in [-0.2, -0.15) is 0 Å². The summed E-state index contributed by atoms with van der Waals surface area (Å²) in [4.78, 5) is 11.6. The van der Waals surface area contributed by atoms with Crippen molar-refractivity contribution in [2.75, 3.05) is 6.61 Å². The zero-order chi connectivity index (χ0) is 47.9. The normalized spacial score (nSPS) is 11.5. The molecule has 0 N–H and O–H groups in total. The molecule has 5 aromatic carbocycles. The lowest BCUT2D eigenvalue weighted by Crippen LogP contribution is -2.81. The van der Waals surface area contributed by atoms with E-state index in [1.807, 2.05) is 61.8 Å². The third kappa shape index (κ3) is 7.97. The van der Waals surface area contributed by atoms with Gasteiger partial charge in [-0.1, -0.05) is 25.1 Å². The summed E-state index contributed by atoms with van der Waals surface area (Å²) in [6, 6.07) is 13.5. The van der Waals surface area contributed by atoms with E-state index in [9.17, 15) is 57.5 Å². The Morgan fingerprint density at radius 3 is 0.953 bits per heavy atom. The molecule has 0 saturated carbocycles. The minimum Gasteiger partial charge on any atom is -0.462 e. The molecule has 0 radical (unpaired) electrons. The van der Waals surface area contributed by atoms with E-state index < -0.39 is 144 Å². The Morgan fingerprint density at radius 1 is 0.422 bits per heavy atom. The van der Waals surface area contributed by atoms with Gasteiger partial charge in [0.25, 0.3) is 0 Å². The zero-order valence-corrected chi connectivity index (χ0v) is 31.2. The fraction of sp³-hybridized carbons (Fsp3) is 0.100. The van der Waals surface area contributed by atoms with E-state index in [0.717, 1.165) is 18.5 Å². The molecule has 0 atom stereocenters. The van der Waals surface area contributed by atoms with Gasteiger partial charge in [-0.3, -0.25) is 0 Å². The highest BCUT2D eigenvalue weighted by atomic mass is 19.2. The first-order chi connectivity index (χ1) is 30.0. The van der Waals surface area contributed by atoms with Crippen molar-refractivity contribution < 1.29 is 102 Å². The number of aromatic nitrogens is 1. The number of ether oxygens (including phenoxy) is 1. The van der Waals surface area contributed by atoms with Gasteiger partial charge in [0.05, 0.1) is 12.2 Å². The van der Waals surface area contributed by atoms with Crippen LogP contribution in [0.2, 0.25) is 0 Å². The van der Waals surface area contributed by atoms with Crippen LogP contribution in [0.4, 0.5) is 87.8 Å². The summed E-state index contributed by atoms with van der Waals surface area (Å²) in [5.41, 5.74) is -12.6. The number of hydrogen-bond donors (Lipinski definition) is 0. The fourth-order valence-corrected chi connectivity index (χ4v) is 6.65. The number of hydrogen-bond acceptors (Lipinski definition) is 2. The molecule has 0 aliphatic rings. The largest absolute Gasteiger partial charge is 0.462 e. The quantitative estimate of drug-likeness (QED) is 0.0364. The summed E-state index contributed by atoms with van der Waals surface area (Å²) < 4.78 is 301. The van der Waals surface area contributed by atoms with Crippen LogP contribution in [0.25, 0.3) is 0 Å². The maximum absolute atomic E-state index is 15.4. The molecule has 24 heteroatoms. The molecule has 0 bridgehead atoms. The van der Waals surface area contributed by atoms with Gasteiger partial charge in [-0.05, 0) is 18.6 Å².